The first-order valence-corrected chi connectivity index (χ1v) is 11.8. The highest BCUT2D eigenvalue weighted by Crippen LogP contribution is 2.20. The van der Waals surface area contributed by atoms with Crippen LogP contribution in [0.3, 0.4) is 0 Å². The predicted molar refractivity (Wildman–Crippen MR) is 121 cm³/mol. The number of sulfonamides is 1. The van der Waals surface area contributed by atoms with Crippen molar-refractivity contribution < 1.29 is 17.6 Å². The maximum Gasteiger partial charge on any atom is 0.262 e. The first-order chi connectivity index (χ1) is 15.4. The molecule has 1 aromatic heterocycles. The van der Waals surface area contributed by atoms with E-state index in [9.17, 15) is 17.6 Å². The van der Waals surface area contributed by atoms with Crippen molar-refractivity contribution in [1.29, 1.82) is 0 Å². The lowest BCUT2D eigenvalue weighted by Crippen LogP contribution is -2.24. The van der Waals surface area contributed by atoms with Crippen LogP contribution in [-0.2, 0) is 16.6 Å². The smallest absolute Gasteiger partial charge is 0.262 e. The zero-order valence-corrected chi connectivity index (χ0v) is 18.1. The van der Waals surface area contributed by atoms with Crippen LogP contribution in [0, 0.1) is 5.82 Å². The topological polar surface area (TPSA) is 91.4 Å². The van der Waals surface area contributed by atoms with Crippen LogP contribution in [0.25, 0.3) is 0 Å². The number of carbonyl (C=O) groups is 1. The number of para-hydroxylation sites is 1. The van der Waals surface area contributed by atoms with Gasteiger partial charge in [0.15, 0.2) is 0 Å². The second-order valence-corrected chi connectivity index (χ2v) is 9.20. The number of nitrogens with one attached hydrogen (secondary N) is 2. The monoisotopic (exact) mass is 454 g/mol. The minimum absolute atomic E-state index is 0.134. The van der Waals surface area contributed by atoms with E-state index in [0.717, 1.165) is 30.5 Å². The van der Waals surface area contributed by atoms with Crippen molar-refractivity contribution in [1.82, 2.24) is 10.3 Å². The maximum absolute atomic E-state index is 13.8. The summed E-state index contributed by atoms with van der Waals surface area (Å²) >= 11 is 0. The number of hydrogen-bond acceptors (Lipinski definition) is 5. The number of anilines is 2. The molecule has 4 rings (SSSR count). The molecular weight excluding hydrogens is 431 g/mol. The van der Waals surface area contributed by atoms with E-state index in [-0.39, 0.29) is 22.7 Å². The van der Waals surface area contributed by atoms with Gasteiger partial charge in [0.2, 0.25) is 0 Å². The fraction of sp³-hybridized carbons (Fsp3) is 0.217. The van der Waals surface area contributed by atoms with Crippen molar-refractivity contribution in [2.24, 2.45) is 0 Å². The Labute approximate surface area is 186 Å². The molecule has 2 heterocycles. The molecule has 0 atom stereocenters. The molecule has 1 saturated heterocycles. The molecule has 1 aliphatic heterocycles. The van der Waals surface area contributed by atoms with Crippen molar-refractivity contribution >= 4 is 27.4 Å². The molecule has 0 bridgehead atoms. The van der Waals surface area contributed by atoms with E-state index in [2.05, 4.69) is 19.9 Å². The summed E-state index contributed by atoms with van der Waals surface area (Å²) in [5.41, 5.74) is 0.863. The van der Waals surface area contributed by atoms with Crippen LogP contribution in [0.1, 0.15) is 28.8 Å². The highest BCUT2D eigenvalue weighted by molar-refractivity contribution is 7.92. The Bertz CT molecular complexity index is 1210. The quantitative estimate of drug-likeness (QED) is 0.570. The third-order valence-electron chi connectivity index (χ3n) is 5.22. The van der Waals surface area contributed by atoms with Gasteiger partial charge in [-0.2, -0.15) is 0 Å². The van der Waals surface area contributed by atoms with Crippen molar-refractivity contribution in [3.05, 3.63) is 83.8 Å². The lowest BCUT2D eigenvalue weighted by atomic mass is 10.2. The number of benzene rings is 2. The Morgan fingerprint density at radius 1 is 1.03 bits per heavy atom. The Morgan fingerprint density at radius 2 is 1.81 bits per heavy atom. The Morgan fingerprint density at radius 3 is 2.53 bits per heavy atom. The number of aromatic nitrogens is 1. The molecule has 0 radical (unpaired) electrons. The van der Waals surface area contributed by atoms with Crippen LogP contribution in [0.2, 0.25) is 0 Å². The van der Waals surface area contributed by atoms with E-state index in [1.54, 1.807) is 6.20 Å². The molecule has 1 fully saturated rings. The van der Waals surface area contributed by atoms with Gasteiger partial charge in [-0.1, -0.05) is 24.3 Å². The molecule has 0 spiro atoms. The van der Waals surface area contributed by atoms with Gasteiger partial charge < -0.3 is 10.2 Å². The molecule has 3 aromatic rings. The van der Waals surface area contributed by atoms with Crippen LogP contribution in [0.5, 0.6) is 0 Å². The van der Waals surface area contributed by atoms with Gasteiger partial charge in [0.1, 0.15) is 11.6 Å². The third-order valence-corrected chi connectivity index (χ3v) is 6.58. The fourth-order valence-electron chi connectivity index (χ4n) is 3.49. The highest BCUT2D eigenvalue weighted by Gasteiger charge is 2.18. The number of rotatable bonds is 7. The van der Waals surface area contributed by atoms with E-state index in [4.69, 9.17) is 0 Å². The van der Waals surface area contributed by atoms with Gasteiger partial charge in [0.25, 0.3) is 15.9 Å². The van der Waals surface area contributed by atoms with Crippen LogP contribution in [0.15, 0.2) is 71.8 Å². The number of nitrogens with zero attached hydrogens (tertiary/aromatic N) is 2. The van der Waals surface area contributed by atoms with E-state index in [1.807, 2.05) is 12.1 Å². The van der Waals surface area contributed by atoms with E-state index in [1.165, 1.54) is 55.3 Å². The highest BCUT2D eigenvalue weighted by atomic mass is 32.2. The van der Waals surface area contributed by atoms with Crippen molar-refractivity contribution in [3.8, 4) is 0 Å². The summed E-state index contributed by atoms with van der Waals surface area (Å²) in [5, 5.41) is 2.77. The molecule has 2 N–H and O–H groups in total. The number of amides is 1. The zero-order chi connectivity index (χ0) is 22.6. The predicted octanol–water partition coefficient (Wildman–Crippen LogP) is 3.55. The summed E-state index contributed by atoms with van der Waals surface area (Å²) in [5.74, 6) is -0.177. The van der Waals surface area contributed by atoms with Crippen LogP contribution < -0.4 is 14.9 Å². The van der Waals surface area contributed by atoms with Gasteiger partial charge >= 0.3 is 0 Å². The normalized spacial score (nSPS) is 13.7. The second-order valence-electron chi connectivity index (χ2n) is 7.51. The van der Waals surface area contributed by atoms with Crippen molar-refractivity contribution in [2.45, 2.75) is 24.3 Å². The molecule has 9 heteroatoms. The molecule has 0 saturated carbocycles. The van der Waals surface area contributed by atoms with Crippen LogP contribution in [0.4, 0.5) is 15.9 Å². The third kappa shape index (κ3) is 5.05. The van der Waals surface area contributed by atoms with Gasteiger partial charge in [-0.25, -0.2) is 17.8 Å². The summed E-state index contributed by atoms with van der Waals surface area (Å²) in [6.07, 6.45) is 4.07. The standard InChI is InChI=1S/C23H23FN4O3S/c24-20-8-1-2-9-21(20)27-32(30,31)19-7-5-6-18(14-19)23(29)26-16-17-10-11-22(25-15-17)28-12-3-4-13-28/h1-2,5-11,14-15,27H,3-4,12-13,16H2,(H,26,29). The minimum atomic E-state index is -4.06. The Balaban J connectivity index is 1.41. The molecule has 32 heavy (non-hydrogen) atoms. The molecule has 1 aliphatic rings. The summed E-state index contributed by atoms with van der Waals surface area (Å²) in [7, 11) is -4.06. The lowest BCUT2D eigenvalue weighted by Gasteiger charge is -2.16. The molecule has 0 aliphatic carbocycles. The average molecular weight is 455 g/mol. The van der Waals surface area contributed by atoms with Gasteiger partial charge in [-0.05, 0) is 54.8 Å². The maximum atomic E-state index is 13.8. The summed E-state index contributed by atoms with van der Waals surface area (Å²) in [6, 6.07) is 14.9. The Hall–Kier alpha value is -3.46. The Kier molecular flexibility index (Phi) is 6.36. The molecule has 0 unspecified atom stereocenters. The van der Waals surface area contributed by atoms with Crippen molar-refractivity contribution in [2.75, 3.05) is 22.7 Å². The fourth-order valence-corrected chi connectivity index (χ4v) is 4.60. The minimum Gasteiger partial charge on any atom is -0.357 e. The average Bonchev–Trinajstić information content (AvgIpc) is 3.34. The van der Waals surface area contributed by atoms with Gasteiger partial charge in [-0.15, -0.1) is 0 Å². The first-order valence-electron chi connectivity index (χ1n) is 10.3. The molecule has 2 aromatic carbocycles. The second kappa shape index (κ2) is 9.35. The van der Waals surface area contributed by atoms with Crippen molar-refractivity contribution in [3.63, 3.8) is 0 Å². The first kappa shape index (κ1) is 21.8. The van der Waals surface area contributed by atoms with Crippen LogP contribution >= 0.6 is 0 Å². The van der Waals surface area contributed by atoms with Gasteiger partial charge in [0, 0.05) is 31.4 Å². The number of halogens is 1. The number of pyridine rings is 1. The van der Waals surface area contributed by atoms with E-state index >= 15 is 0 Å². The molecule has 1 amide bonds. The van der Waals surface area contributed by atoms with Gasteiger partial charge in [0.05, 0.1) is 10.6 Å². The molecule has 7 nitrogen and oxygen atoms in total. The largest absolute Gasteiger partial charge is 0.357 e. The molecule has 166 valence electrons. The zero-order valence-electron chi connectivity index (χ0n) is 17.3. The van der Waals surface area contributed by atoms with E-state index in [0.29, 0.717) is 0 Å². The summed E-state index contributed by atoms with van der Waals surface area (Å²) < 4.78 is 41.3. The SMILES string of the molecule is O=C(NCc1ccc(N2CCCC2)nc1)c1cccc(S(=O)(=O)Nc2ccccc2F)c1. The number of carbonyl (C=O) groups excluding carboxylic acids is 1. The molecular formula is C23H23FN4O3S. The summed E-state index contributed by atoms with van der Waals surface area (Å²) in [6.45, 7) is 2.28. The van der Waals surface area contributed by atoms with Gasteiger partial charge in [-0.3, -0.25) is 9.52 Å². The summed E-state index contributed by atoms with van der Waals surface area (Å²) in [4.78, 5) is 19.1. The van der Waals surface area contributed by atoms with E-state index < -0.39 is 21.7 Å². The number of hydrogen-bond donors (Lipinski definition) is 2. The van der Waals surface area contributed by atoms with Crippen LogP contribution in [-0.4, -0.2) is 32.4 Å². The lowest BCUT2D eigenvalue weighted by molar-refractivity contribution is 0.0950.